The predicted molar refractivity (Wildman–Crippen MR) is 101 cm³/mol. The number of aromatic nitrogens is 2. The van der Waals surface area contributed by atoms with Crippen LogP contribution in [0.1, 0.15) is 11.4 Å². The molecular weight excluding hydrogens is 482 g/mol. The molecule has 0 atom stereocenters. The summed E-state index contributed by atoms with van der Waals surface area (Å²) < 4.78 is 79.6. The highest BCUT2D eigenvalue weighted by Crippen LogP contribution is 2.50. The molecule has 1 heterocycles. The Morgan fingerprint density at radius 3 is 2.03 bits per heavy atom. The van der Waals surface area contributed by atoms with Crippen LogP contribution in [-0.2, 0) is 12.0 Å². The van der Waals surface area contributed by atoms with Crippen LogP contribution in [0.15, 0.2) is 53.3 Å². The molecule has 11 heteroatoms. The van der Waals surface area contributed by atoms with E-state index < -0.39 is 29.1 Å². The van der Waals surface area contributed by atoms with E-state index in [0.29, 0.717) is 23.0 Å². The van der Waals surface area contributed by atoms with Gasteiger partial charge in [-0.1, -0.05) is 40.2 Å². The molecule has 0 radical (unpaired) electrons. The fourth-order valence-corrected chi connectivity index (χ4v) is 3.39. The van der Waals surface area contributed by atoms with Crippen LogP contribution in [0.4, 0.5) is 26.3 Å². The summed E-state index contributed by atoms with van der Waals surface area (Å²) in [5.74, 6) is 0.269. The summed E-state index contributed by atoms with van der Waals surface area (Å²) in [5.41, 5.74) is -6.54. The molecule has 3 rings (SSSR count). The number of benzene rings is 2. The van der Waals surface area contributed by atoms with Gasteiger partial charge < -0.3 is 5.11 Å². The number of aliphatic hydroxyl groups is 1. The highest BCUT2D eigenvalue weighted by molar-refractivity contribution is 9.09. The van der Waals surface area contributed by atoms with Crippen LogP contribution in [0.2, 0.25) is 0 Å². The van der Waals surface area contributed by atoms with E-state index in [2.05, 4.69) is 20.9 Å². The van der Waals surface area contributed by atoms with E-state index in [4.69, 9.17) is 0 Å². The van der Waals surface area contributed by atoms with Crippen LogP contribution in [-0.4, -0.2) is 32.3 Å². The molecule has 0 aliphatic heterocycles. The molecule has 0 fully saturated rings. The molecular formula is C19H13BrF6N2O2. The van der Waals surface area contributed by atoms with Gasteiger partial charge in [-0.2, -0.15) is 26.3 Å². The second kappa shape index (κ2) is 7.69. The normalized spacial score (nSPS) is 13.1. The highest BCUT2D eigenvalue weighted by Gasteiger charge is 2.71. The van der Waals surface area contributed by atoms with Gasteiger partial charge in [0.25, 0.3) is 11.2 Å². The lowest BCUT2D eigenvalue weighted by atomic mass is 9.92. The molecule has 0 bridgehead atoms. The van der Waals surface area contributed by atoms with Gasteiger partial charge in [-0.05, 0) is 24.3 Å². The SMILES string of the molecule is O=c1c2ccccc2nc(CCBr)n1-c1ccc(C(O)(C(F)(F)F)C(F)(F)F)cc1. The quantitative estimate of drug-likeness (QED) is 0.424. The Bertz CT molecular complexity index is 1110. The number of hydrogen-bond acceptors (Lipinski definition) is 3. The number of aryl methyl sites for hydroxylation is 1. The molecule has 160 valence electrons. The number of alkyl halides is 7. The summed E-state index contributed by atoms with van der Waals surface area (Å²) in [6.07, 6.45) is -11.7. The molecule has 4 nitrogen and oxygen atoms in total. The van der Waals surface area contributed by atoms with Crippen molar-refractivity contribution in [1.82, 2.24) is 9.55 Å². The minimum atomic E-state index is -5.99. The maximum Gasteiger partial charge on any atom is 0.430 e. The first kappa shape index (κ1) is 22.3. The lowest BCUT2D eigenvalue weighted by molar-refractivity contribution is -0.376. The van der Waals surface area contributed by atoms with E-state index in [-0.39, 0.29) is 23.3 Å². The number of hydrogen-bond donors (Lipinski definition) is 1. The number of rotatable bonds is 4. The van der Waals surface area contributed by atoms with Gasteiger partial charge in [0.15, 0.2) is 0 Å². The van der Waals surface area contributed by atoms with E-state index in [1.165, 1.54) is 6.07 Å². The van der Waals surface area contributed by atoms with Gasteiger partial charge >= 0.3 is 12.4 Å². The third kappa shape index (κ3) is 3.60. The van der Waals surface area contributed by atoms with E-state index in [1.54, 1.807) is 18.2 Å². The van der Waals surface area contributed by atoms with Crippen molar-refractivity contribution in [3.63, 3.8) is 0 Å². The second-order valence-electron chi connectivity index (χ2n) is 6.38. The third-order valence-electron chi connectivity index (χ3n) is 4.53. The molecule has 3 aromatic rings. The Morgan fingerprint density at radius 1 is 0.933 bits per heavy atom. The first-order valence-electron chi connectivity index (χ1n) is 8.45. The van der Waals surface area contributed by atoms with Gasteiger partial charge in [0.2, 0.25) is 0 Å². The minimum Gasteiger partial charge on any atom is -0.369 e. The monoisotopic (exact) mass is 494 g/mol. The van der Waals surface area contributed by atoms with E-state index in [1.807, 2.05) is 0 Å². The predicted octanol–water partition coefficient (Wildman–Crippen LogP) is 4.64. The van der Waals surface area contributed by atoms with Crippen molar-refractivity contribution >= 4 is 26.8 Å². The van der Waals surface area contributed by atoms with Gasteiger partial charge in [-0.25, -0.2) is 4.98 Å². The Balaban J connectivity index is 2.20. The molecule has 0 saturated heterocycles. The fraction of sp³-hybridized carbons (Fsp3) is 0.263. The molecule has 1 N–H and O–H groups in total. The van der Waals surface area contributed by atoms with Crippen LogP contribution in [0.3, 0.4) is 0 Å². The van der Waals surface area contributed by atoms with Gasteiger partial charge in [0.1, 0.15) is 5.82 Å². The molecule has 0 aliphatic carbocycles. The zero-order valence-corrected chi connectivity index (χ0v) is 16.5. The zero-order chi connectivity index (χ0) is 22.3. The standard InChI is InChI=1S/C19H13BrF6N2O2/c20-10-9-15-27-14-4-2-1-3-13(14)16(29)28(15)12-7-5-11(6-8-12)17(30,18(21,22)23)19(24,25)26/h1-8,30H,9-10H2. The minimum absolute atomic E-state index is 0.0182. The Kier molecular flexibility index (Phi) is 5.72. The molecule has 2 aromatic carbocycles. The lowest BCUT2D eigenvalue weighted by Crippen LogP contribution is -2.53. The Hall–Kier alpha value is -2.40. The van der Waals surface area contributed by atoms with Crippen molar-refractivity contribution < 1.29 is 31.4 Å². The zero-order valence-electron chi connectivity index (χ0n) is 14.9. The Labute approximate surface area is 173 Å². The van der Waals surface area contributed by atoms with Gasteiger partial charge in [0, 0.05) is 17.3 Å². The second-order valence-corrected chi connectivity index (χ2v) is 7.17. The summed E-state index contributed by atoms with van der Waals surface area (Å²) in [7, 11) is 0. The molecule has 30 heavy (non-hydrogen) atoms. The molecule has 0 unspecified atom stereocenters. The first-order valence-corrected chi connectivity index (χ1v) is 9.57. The number of fused-ring (bicyclic) bond motifs is 1. The van der Waals surface area contributed by atoms with Gasteiger partial charge in [0.05, 0.1) is 16.6 Å². The van der Waals surface area contributed by atoms with Crippen LogP contribution in [0, 0.1) is 0 Å². The van der Waals surface area contributed by atoms with Crippen molar-refractivity contribution in [2.75, 3.05) is 5.33 Å². The average Bonchev–Trinajstić information content (AvgIpc) is 2.66. The smallest absolute Gasteiger partial charge is 0.369 e. The average molecular weight is 495 g/mol. The molecule has 0 aliphatic rings. The molecule has 0 spiro atoms. The van der Waals surface area contributed by atoms with E-state index >= 15 is 0 Å². The summed E-state index contributed by atoms with van der Waals surface area (Å²) in [5, 5.41) is 10.2. The summed E-state index contributed by atoms with van der Waals surface area (Å²) >= 11 is 3.22. The van der Waals surface area contributed by atoms with Gasteiger partial charge in [-0.15, -0.1) is 0 Å². The van der Waals surface area contributed by atoms with Crippen LogP contribution >= 0.6 is 15.9 Å². The van der Waals surface area contributed by atoms with E-state index in [9.17, 15) is 36.2 Å². The van der Waals surface area contributed by atoms with Crippen molar-refractivity contribution in [2.45, 2.75) is 24.4 Å². The van der Waals surface area contributed by atoms with E-state index in [0.717, 1.165) is 16.7 Å². The number of para-hydroxylation sites is 1. The highest BCUT2D eigenvalue weighted by atomic mass is 79.9. The van der Waals surface area contributed by atoms with Crippen molar-refractivity contribution in [3.8, 4) is 5.69 Å². The topological polar surface area (TPSA) is 55.1 Å². The van der Waals surface area contributed by atoms with Crippen molar-refractivity contribution in [3.05, 3.63) is 70.3 Å². The number of nitrogens with zero attached hydrogens (tertiary/aromatic N) is 2. The lowest BCUT2D eigenvalue weighted by Gasteiger charge is -2.32. The summed E-state index contributed by atoms with van der Waals surface area (Å²) in [6, 6.07) is 9.23. The van der Waals surface area contributed by atoms with Crippen LogP contribution < -0.4 is 5.56 Å². The maximum atomic E-state index is 13.1. The van der Waals surface area contributed by atoms with Crippen molar-refractivity contribution in [1.29, 1.82) is 0 Å². The first-order chi connectivity index (χ1) is 13.9. The number of halogens is 7. The van der Waals surface area contributed by atoms with Gasteiger partial charge in [-0.3, -0.25) is 9.36 Å². The molecule has 1 aromatic heterocycles. The van der Waals surface area contributed by atoms with Crippen molar-refractivity contribution in [2.24, 2.45) is 0 Å². The summed E-state index contributed by atoms with van der Waals surface area (Å²) in [4.78, 5) is 17.3. The largest absolute Gasteiger partial charge is 0.430 e. The third-order valence-corrected chi connectivity index (χ3v) is 4.92. The summed E-state index contributed by atoms with van der Waals surface area (Å²) in [6.45, 7) is 0. The Morgan fingerprint density at radius 2 is 1.50 bits per heavy atom. The fourth-order valence-electron chi connectivity index (χ4n) is 3.04. The van der Waals surface area contributed by atoms with Crippen LogP contribution in [0.25, 0.3) is 16.6 Å². The maximum absolute atomic E-state index is 13.1. The molecule has 0 amide bonds. The molecule has 0 saturated carbocycles. The van der Waals surface area contributed by atoms with Crippen LogP contribution in [0.5, 0.6) is 0 Å².